The zero-order valence-electron chi connectivity index (χ0n) is 16.2. The fourth-order valence-electron chi connectivity index (χ4n) is 2.95. The first-order valence-electron chi connectivity index (χ1n) is 9.42. The minimum absolute atomic E-state index is 0.222. The van der Waals surface area contributed by atoms with Gasteiger partial charge in [-0.05, 0) is 25.1 Å². The van der Waals surface area contributed by atoms with E-state index in [9.17, 15) is 14.4 Å². The zero-order valence-corrected chi connectivity index (χ0v) is 16.2. The monoisotopic (exact) mass is 397 g/mol. The second-order valence-electron chi connectivity index (χ2n) is 6.44. The normalized spacial score (nSPS) is 13.7. The first kappa shape index (κ1) is 20.2. The lowest BCUT2D eigenvalue weighted by molar-refractivity contribution is 0.0570. The molecule has 29 heavy (non-hydrogen) atoms. The molecule has 9 heteroatoms. The van der Waals surface area contributed by atoms with Gasteiger partial charge in [0.25, 0.3) is 11.8 Å². The molecule has 0 bridgehead atoms. The van der Waals surface area contributed by atoms with Gasteiger partial charge in [-0.25, -0.2) is 4.79 Å². The van der Waals surface area contributed by atoms with Crippen LogP contribution in [0, 0.1) is 0 Å². The Bertz CT molecular complexity index is 866. The van der Waals surface area contributed by atoms with Crippen LogP contribution in [-0.2, 0) is 11.3 Å². The molecule has 2 aromatic rings. The Morgan fingerprint density at radius 2 is 1.79 bits per heavy atom. The van der Waals surface area contributed by atoms with E-state index < -0.39 is 0 Å². The van der Waals surface area contributed by atoms with Gasteiger partial charge in [0.1, 0.15) is 0 Å². The SMILES string of the molecule is CCOC(=O)N1CCN(C(=O)c2cncc(C(=O)NCc3ccccn3)c2)CC1. The number of ether oxygens (including phenoxy) is 1. The Labute approximate surface area is 168 Å². The van der Waals surface area contributed by atoms with Crippen LogP contribution in [0.25, 0.3) is 0 Å². The van der Waals surface area contributed by atoms with E-state index in [0.717, 1.165) is 5.69 Å². The van der Waals surface area contributed by atoms with E-state index >= 15 is 0 Å². The maximum absolute atomic E-state index is 12.8. The first-order chi connectivity index (χ1) is 14.1. The van der Waals surface area contributed by atoms with Crippen molar-refractivity contribution in [1.82, 2.24) is 25.1 Å². The summed E-state index contributed by atoms with van der Waals surface area (Å²) in [7, 11) is 0. The van der Waals surface area contributed by atoms with Crippen molar-refractivity contribution in [3.05, 3.63) is 59.7 Å². The van der Waals surface area contributed by atoms with Crippen molar-refractivity contribution in [2.24, 2.45) is 0 Å². The molecule has 0 radical (unpaired) electrons. The van der Waals surface area contributed by atoms with Gasteiger partial charge in [-0.3, -0.25) is 19.6 Å². The summed E-state index contributed by atoms with van der Waals surface area (Å²) in [5, 5.41) is 2.77. The van der Waals surface area contributed by atoms with E-state index in [4.69, 9.17) is 4.74 Å². The van der Waals surface area contributed by atoms with Gasteiger partial charge >= 0.3 is 6.09 Å². The lowest BCUT2D eigenvalue weighted by Crippen LogP contribution is -2.50. The van der Waals surface area contributed by atoms with Crippen LogP contribution in [-0.4, -0.2) is 70.5 Å². The number of hydrogen-bond acceptors (Lipinski definition) is 6. The van der Waals surface area contributed by atoms with Crippen LogP contribution >= 0.6 is 0 Å². The number of amides is 3. The van der Waals surface area contributed by atoms with E-state index in [2.05, 4.69) is 15.3 Å². The molecule has 3 rings (SSSR count). The summed E-state index contributed by atoms with van der Waals surface area (Å²) in [4.78, 5) is 48.3. The first-order valence-corrected chi connectivity index (χ1v) is 9.42. The Kier molecular flexibility index (Phi) is 6.72. The highest BCUT2D eigenvalue weighted by molar-refractivity contribution is 5.99. The van der Waals surface area contributed by atoms with Crippen LogP contribution in [0.2, 0.25) is 0 Å². The molecule has 1 aliphatic heterocycles. The van der Waals surface area contributed by atoms with Crippen molar-refractivity contribution < 1.29 is 19.1 Å². The number of nitrogens with one attached hydrogen (secondary N) is 1. The van der Waals surface area contributed by atoms with Gasteiger partial charge in [-0.1, -0.05) is 6.07 Å². The summed E-state index contributed by atoms with van der Waals surface area (Å²) in [5.41, 5.74) is 1.37. The van der Waals surface area contributed by atoms with E-state index in [0.29, 0.717) is 43.9 Å². The van der Waals surface area contributed by atoms with Crippen molar-refractivity contribution in [3.8, 4) is 0 Å². The highest BCUT2D eigenvalue weighted by Gasteiger charge is 2.26. The summed E-state index contributed by atoms with van der Waals surface area (Å²) in [5.74, 6) is -0.551. The Hall–Kier alpha value is -3.49. The molecule has 1 N–H and O–H groups in total. The number of nitrogens with zero attached hydrogens (tertiary/aromatic N) is 4. The Morgan fingerprint density at radius 1 is 1.07 bits per heavy atom. The number of piperazine rings is 1. The number of rotatable bonds is 5. The lowest BCUT2D eigenvalue weighted by Gasteiger charge is -2.34. The topological polar surface area (TPSA) is 105 Å². The standard InChI is InChI=1S/C20H23N5O4/c1-2-29-20(28)25-9-7-24(8-10-25)19(27)16-11-15(12-21-13-16)18(26)23-14-17-5-3-4-6-22-17/h3-6,11-13H,2,7-10,14H2,1H3,(H,23,26). The Morgan fingerprint density at radius 3 is 2.48 bits per heavy atom. The average molecular weight is 397 g/mol. The van der Waals surface area contributed by atoms with Gasteiger partial charge in [0.05, 0.1) is 30.0 Å². The molecule has 0 unspecified atom stereocenters. The fourth-order valence-corrected chi connectivity index (χ4v) is 2.95. The van der Waals surface area contributed by atoms with Gasteiger partial charge in [0, 0.05) is 44.8 Å². The van der Waals surface area contributed by atoms with E-state index in [1.165, 1.54) is 18.5 Å². The van der Waals surface area contributed by atoms with E-state index in [-0.39, 0.29) is 24.5 Å². The third-order valence-electron chi connectivity index (χ3n) is 4.50. The quantitative estimate of drug-likeness (QED) is 0.816. The van der Waals surface area contributed by atoms with Crippen LogP contribution in [0.4, 0.5) is 4.79 Å². The Balaban J connectivity index is 1.58. The number of carbonyl (C=O) groups excluding carboxylic acids is 3. The van der Waals surface area contributed by atoms with Gasteiger partial charge < -0.3 is 19.9 Å². The minimum atomic E-state index is -0.368. The summed E-state index contributed by atoms with van der Waals surface area (Å²) in [6.07, 6.45) is 4.15. The third-order valence-corrected chi connectivity index (χ3v) is 4.50. The van der Waals surface area contributed by atoms with Crippen molar-refractivity contribution >= 4 is 17.9 Å². The van der Waals surface area contributed by atoms with Gasteiger partial charge in [-0.2, -0.15) is 0 Å². The zero-order chi connectivity index (χ0) is 20.6. The molecule has 9 nitrogen and oxygen atoms in total. The van der Waals surface area contributed by atoms with Gasteiger partial charge in [-0.15, -0.1) is 0 Å². The third kappa shape index (κ3) is 5.28. The van der Waals surface area contributed by atoms with Crippen molar-refractivity contribution in [1.29, 1.82) is 0 Å². The summed E-state index contributed by atoms with van der Waals surface area (Å²) < 4.78 is 4.98. The van der Waals surface area contributed by atoms with Crippen molar-refractivity contribution in [2.75, 3.05) is 32.8 Å². The van der Waals surface area contributed by atoms with E-state index in [1.54, 1.807) is 29.0 Å². The highest BCUT2D eigenvalue weighted by Crippen LogP contribution is 2.11. The molecule has 3 amide bonds. The van der Waals surface area contributed by atoms with Crippen molar-refractivity contribution in [3.63, 3.8) is 0 Å². The van der Waals surface area contributed by atoms with Crippen LogP contribution < -0.4 is 5.32 Å². The highest BCUT2D eigenvalue weighted by atomic mass is 16.6. The smallest absolute Gasteiger partial charge is 0.409 e. The maximum atomic E-state index is 12.8. The number of carbonyl (C=O) groups is 3. The second kappa shape index (κ2) is 9.63. The molecular formula is C20H23N5O4. The molecule has 1 aliphatic rings. The molecule has 0 spiro atoms. The predicted molar refractivity (Wildman–Crippen MR) is 104 cm³/mol. The maximum Gasteiger partial charge on any atom is 0.409 e. The minimum Gasteiger partial charge on any atom is -0.450 e. The van der Waals surface area contributed by atoms with Gasteiger partial charge in [0.15, 0.2) is 0 Å². The van der Waals surface area contributed by atoms with Crippen LogP contribution in [0.5, 0.6) is 0 Å². The summed E-state index contributed by atoms with van der Waals surface area (Å²) in [6, 6.07) is 6.99. The average Bonchev–Trinajstić information content (AvgIpc) is 2.78. The second-order valence-corrected chi connectivity index (χ2v) is 6.44. The largest absolute Gasteiger partial charge is 0.450 e. The summed E-state index contributed by atoms with van der Waals surface area (Å²) in [6.45, 7) is 3.96. The van der Waals surface area contributed by atoms with Crippen LogP contribution in [0.3, 0.4) is 0 Å². The molecule has 152 valence electrons. The fraction of sp³-hybridized carbons (Fsp3) is 0.350. The molecule has 0 atom stereocenters. The molecule has 3 heterocycles. The van der Waals surface area contributed by atoms with E-state index in [1.807, 2.05) is 12.1 Å². The number of aromatic nitrogens is 2. The summed E-state index contributed by atoms with van der Waals surface area (Å²) >= 11 is 0. The van der Waals surface area contributed by atoms with Gasteiger partial charge in [0.2, 0.25) is 0 Å². The molecule has 2 aromatic heterocycles. The lowest BCUT2D eigenvalue weighted by atomic mass is 10.1. The molecule has 0 aromatic carbocycles. The number of hydrogen-bond donors (Lipinski definition) is 1. The molecule has 1 saturated heterocycles. The molecule has 1 fully saturated rings. The number of pyridine rings is 2. The molecular weight excluding hydrogens is 374 g/mol. The molecule has 0 saturated carbocycles. The molecule has 0 aliphatic carbocycles. The van der Waals surface area contributed by atoms with Crippen LogP contribution in [0.15, 0.2) is 42.9 Å². The predicted octanol–water partition coefficient (Wildman–Crippen LogP) is 1.32. The van der Waals surface area contributed by atoms with Crippen molar-refractivity contribution in [2.45, 2.75) is 13.5 Å². The van der Waals surface area contributed by atoms with Crippen LogP contribution in [0.1, 0.15) is 33.3 Å².